The molecule has 0 aliphatic heterocycles. The smallest absolute Gasteiger partial charge is 0.242 e. The van der Waals surface area contributed by atoms with Gasteiger partial charge in [0, 0.05) is 18.4 Å². The van der Waals surface area contributed by atoms with Crippen molar-refractivity contribution in [1.82, 2.24) is 14.5 Å². The molecule has 0 unspecified atom stereocenters. The number of anilines is 1. The SMILES string of the molecule is Cc1cnn(CCNS(=O)(=O)c2ccc(N)cc2Cl)c1. The first-order valence-corrected chi connectivity index (χ1v) is 7.78. The van der Waals surface area contributed by atoms with Crippen molar-refractivity contribution in [2.45, 2.75) is 18.4 Å². The number of nitrogen functional groups attached to an aromatic ring is 1. The molecule has 20 heavy (non-hydrogen) atoms. The van der Waals surface area contributed by atoms with E-state index in [0.717, 1.165) is 5.56 Å². The molecule has 0 saturated heterocycles. The van der Waals surface area contributed by atoms with Crippen molar-refractivity contribution in [3.05, 3.63) is 41.2 Å². The molecule has 0 amide bonds. The van der Waals surface area contributed by atoms with E-state index in [4.69, 9.17) is 17.3 Å². The van der Waals surface area contributed by atoms with Gasteiger partial charge in [0.25, 0.3) is 0 Å². The van der Waals surface area contributed by atoms with Crippen molar-refractivity contribution >= 4 is 27.3 Å². The van der Waals surface area contributed by atoms with Crippen molar-refractivity contribution < 1.29 is 8.42 Å². The summed E-state index contributed by atoms with van der Waals surface area (Å²) in [4.78, 5) is 0.0185. The summed E-state index contributed by atoms with van der Waals surface area (Å²) in [6.45, 7) is 2.59. The van der Waals surface area contributed by atoms with Crippen LogP contribution in [0.5, 0.6) is 0 Å². The van der Waals surface area contributed by atoms with Gasteiger partial charge in [-0.25, -0.2) is 13.1 Å². The maximum atomic E-state index is 12.1. The first kappa shape index (κ1) is 14.8. The van der Waals surface area contributed by atoms with E-state index < -0.39 is 10.0 Å². The van der Waals surface area contributed by atoms with Crippen LogP contribution >= 0.6 is 11.6 Å². The standard InChI is InChI=1S/C12H15ClN4O2S/c1-9-7-15-17(8-9)5-4-16-20(18,19)12-3-2-10(14)6-11(12)13/h2-3,6-8,16H,4-5,14H2,1H3. The molecule has 0 saturated carbocycles. The number of halogens is 1. The largest absolute Gasteiger partial charge is 0.399 e. The van der Waals surface area contributed by atoms with Crippen LogP contribution in [-0.2, 0) is 16.6 Å². The third-order valence-electron chi connectivity index (χ3n) is 2.64. The number of sulfonamides is 1. The molecule has 0 bridgehead atoms. The summed E-state index contributed by atoms with van der Waals surface area (Å²) in [5.41, 5.74) is 6.98. The van der Waals surface area contributed by atoms with Gasteiger partial charge in [-0.15, -0.1) is 0 Å². The van der Waals surface area contributed by atoms with E-state index in [1.54, 1.807) is 10.9 Å². The Labute approximate surface area is 122 Å². The second kappa shape index (κ2) is 5.82. The van der Waals surface area contributed by atoms with Gasteiger partial charge < -0.3 is 5.73 Å². The van der Waals surface area contributed by atoms with Gasteiger partial charge in [-0.1, -0.05) is 11.6 Å². The van der Waals surface area contributed by atoms with E-state index in [1.807, 2.05) is 13.1 Å². The summed E-state index contributed by atoms with van der Waals surface area (Å²) in [6.07, 6.45) is 3.55. The maximum absolute atomic E-state index is 12.1. The second-order valence-corrected chi connectivity index (χ2v) is 6.51. The van der Waals surface area contributed by atoms with E-state index in [9.17, 15) is 8.42 Å². The summed E-state index contributed by atoms with van der Waals surface area (Å²) in [7, 11) is -3.65. The Morgan fingerprint density at radius 3 is 2.80 bits per heavy atom. The Balaban J connectivity index is 2.04. The van der Waals surface area contributed by atoms with Gasteiger partial charge in [-0.2, -0.15) is 5.10 Å². The molecular weight excluding hydrogens is 300 g/mol. The van der Waals surface area contributed by atoms with Gasteiger partial charge >= 0.3 is 0 Å². The minimum atomic E-state index is -3.65. The molecule has 2 rings (SSSR count). The topological polar surface area (TPSA) is 90.0 Å². The number of hydrogen-bond donors (Lipinski definition) is 2. The number of nitrogens with one attached hydrogen (secondary N) is 1. The highest BCUT2D eigenvalue weighted by Crippen LogP contribution is 2.23. The molecular formula is C12H15ClN4O2S. The molecule has 0 fully saturated rings. The van der Waals surface area contributed by atoms with Gasteiger partial charge in [0.2, 0.25) is 10.0 Å². The van der Waals surface area contributed by atoms with Crippen molar-refractivity contribution in [2.75, 3.05) is 12.3 Å². The normalized spacial score (nSPS) is 11.7. The van der Waals surface area contributed by atoms with Crippen LogP contribution in [0.3, 0.4) is 0 Å². The van der Waals surface area contributed by atoms with Crippen molar-refractivity contribution in [3.63, 3.8) is 0 Å². The molecule has 6 nitrogen and oxygen atoms in total. The van der Waals surface area contributed by atoms with Crippen LogP contribution in [0.1, 0.15) is 5.56 Å². The number of benzene rings is 1. The third-order valence-corrected chi connectivity index (χ3v) is 4.58. The summed E-state index contributed by atoms with van der Waals surface area (Å²) in [5, 5.41) is 4.18. The van der Waals surface area contributed by atoms with Gasteiger partial charge in [0.15, 0.2) is 0 Å². The molecule has 8 heteroatoms. The predicted molar refractivity (Wildman–Crippen MR) is 78.0 cm³/mol. The molecule has 0 aliphatic carbocycles. The number of aryl methyl sites for hydroxylation is 1. The average molecular weight is 315 g/mol. The van der Waals surface area contributed by atoms with E-state index >= 15 is 0 Å². The lowest BCUT2D eigenvalue weighted by atomic mass is 10.3. The minimum absolute atomic E-state index is 0.0185. The van der Waals surface area contributed by atoms with Crippen molar-refractivity contribution in [2.24, 2.45) is 0 Å². The zero-order chi connectivity index (χ0) is 14.8. The van der Waals surface area contributed by atoms with Gasteiger partial charge in [0.05, 0.1) is 17.8 Å². The summed E-state index contributed by atoms with van der Waals surface area (Å²) in [6, 6.07) is 4.29. The van der Waals surface area contributed by atoms with Crippen molar-refractivity contribution in [1.29, 1.82) is 0 Å². The number of hydrogen-bond acceptors (Lipinski definition) is 4. The van der Waals surface area contributed by atoms with Crippen molar-refractivity contribution in [3.8, 4) is 0 Å². The minimum Gasteiger partial charge on any atom is -0.399 e. The summed E-state index contributed by atoms with van der Waals surface area (Å²) in [5.74, 6) is 0. The van der Waals surface area contributed by atoms with Gasteiger partial charge in [-0.3, -0.25) is 4.68 Å². The van der Waals surface area contributed by atoms with Crippen LogP contribution < -0.4 is 10.5 Å². The predicted octanol–water partition coefficient (Wildman–Crippen LogP) is 1.41. The molecule has 1 heterocycles. The second-order valence-electron chi connectivity index (χ2n) is 4.37. The highest BCUT2D eigenvalue weighted by Gasteiger charge is 2.17. The van der Waals surface area contributed by atoms with E-state index in [0.29, 0.717) is 12.2 Å². The van der Waals surface area contributed by atoms with E-state index in [1.165, 1.54) is 18.2 Å². The average Bonchev–Trinajstić information content (AvgIpc) is 2.74. The lowest BCUT2D eigenvalue weighted by Crippen LogP contribution is -2.27. The van der Waals surface area contributed by atoms with Crippen LogP contribution in [0.4, 0.5) is 5.69 Å². The lowest BCUT2D eigenvalue weighted by Gasteiger charge is -2.09. The zero-order valence-electron chi connectivity index (χ0n) is 10.9. The molecule has 1 aromatic carbocycles. The quantitative estimate of drug-likeness (QED) is 0.816. The van der Waals surface area contributed by atoms with Crippen LogP contribution in [0.25, 0.3) is 0 Å². The highest BCUT2D eigenvalue weighted by molar-refractivity contribution is 7.89. The fourth-order valence-corrected chi connectivity index (χ4v) is 3.27. The first-order valence-electron chi connectivity index (χ1n) is 5.92. The number of nitrogens with two attached hydrogens (primary N) is 1. The third kappa shape index (κ3) is 3.50. The van der Waals surface area contributed by atoms with Crippen LogP contribution in [-0.4, -0.2) is 24.7 Å². The Hall–Kier alpha value is -1.57. The lowest BCUT2D eigenvalue weighted by molar-refractivity contribution is 0.561. The van der Waals surface area contributed by atoms with Gasteiger partial charge in [-0.05, 0) is 30.7 Å². The Bertz CT molecular complexity index is 712. The highest BCUT2D eigenvalue weighted by atomic mass is 35.5. The van der Waals surface area contributed by atoms with Crippen LogP contribution in [0.2, 0.25) is 5.02 Å². The Morgan fingerprint density at radius 2 is 2.20 bits per heavy atom. The van der Waals surface area contributed by atoms with E-state index in [2.05, 4.69) is 9.82 Å². The van der Waals surface area contributed by atoms with Gasteiger partial charge in [0.1, 0.15) is 4.90 Å². The fourth-order valence-electron chi connectivity index (χ4n) is 1.70. The van der Waals surface area contributed by atoms with Crippen LogP contribution in [0, 0.1) is 6.92 Å². The summed E-state index contributed by atoms with van der Waals surface area (Å²) < 4.78 is 28.3. The number of nitrogens with zero attached hydrogens (tertiary/aromatic N) is 2. The molecule has 1 aromatic heterocycles. The zero-order valence-corrected chi connectivity index (χ0v) is 12.4. The molecule has 0 spiro atoms. The maximum Gasteiger partial charge on any atom is 0.242 e. The molecule has 2 aromatic rings. The summed E-state index contributed by atoms with van der Waals surface area (Å²) >= 11 is 5.90. The molecule has 0 atom stereocenters. The molecule has 108 valence electrons. The molecule has 0 aliphatic rings. The van der Waals surface area contributed by atoms with Crippen LogP contribution in [0.15, 0.2) is 35.5 Å². The monoisotopic (exact) mass is 314 g/mol. The Kier molecular flexibility index (Phi) is 4.32. The fraction of sp³-hybridized carbons (Fsp3) is 0.250. The number of aromatic nitrogens is 2. The number of rotatable bonds is 5. The van der Waals surface area contributed by atoms with E-state index in [-0.39, 0.29) is 16.5 Å². The Morgan fingerprint density at radius 1 is 1.45 bits per heavy atom. The molecule has 3 N–H and O–H groups in total. The first-order chi connectivity index (χ1) is 9.38. The molecule has 0 radical (unpaired) electrons.